The number of hydrogen-bond donors (Lipinski definition) is 0. The maximum Gasteiger partial charge on any atom is 0.0623 e. The molecule has 0 N–H and O–H groups in total. The minimum atomic E-state index is 0.490. The van der Waals surface area contributed by atoms with E-state index in [0.29, 0.717) is 12.1 Å². The van der Waals surface area contributed by atoms with Gasteiger partial charge in [-0.05, 0) is 65.3 Å². The Balaban J connectivity index is 1.73. The predicted octanol–water partition coefficient (Wildman–Crippen LogP) is 9.63. The Labute approximate surface area is 201 Å². The number of rotatable bonds is 2. The lowest BCUT2D eigenvalue weighted by Gasteiger charge is -2.19. The van der Waals surface area contributed by atoms with Crippen molar-refractivity contribution in [2.75, 3.05) is 0 Å². The molecule has 0 atom stereocenters. The maximum atomic E-state index is 8.52. The third-order valence-corrected chi connectivity index (χ3v) is 6.92. The Morgan fingerprint density at radius 1 is 0.324 bits per heavy atom. The number of hydrogen-bond acceptors (Lipinski definition) is 0. The molecule has 0 aliphatic heterocycles. The molecule has 0 aromatic heterocycles. The third-order valence-electron chi connectivity index (χ3n) is 6.92. The van der Waals surface area contributed by atoms with Crippen molar-refractivity contribution in [3.63, 3.8) is 0 Å². The molecule has 0 nitrogen and oxygen atoms in total. The fourth-order valence-electron chi connectivity index (χ4n) is 5.47. The molecule has 7 aromatic carbocycles. The summed E-state index contributed by atoms with van der Waals surface area (Å²) in [5.41, 5.74) is 4.54. The van der Waals surface area contributed by atoms with E-state index < -0.39 is 0 Å². The predicted molar refractivity (Wildman–Crippen MR) is 147 cm³/mol. The van der Waals surface area contributed by atoms with Crippen molar-refractivity contribution < 1.29 is 2.74 Å². The zero-order valence-corrected chi connectivity index (χ0v) is 18.5. The average molecular weight is 433 g/mol. The summed E-state index contributed by atoms with van der Waals surface area (Å²) >= 11 is 0. The van der Waals surface area contributed by atoms with E-state index in [2.05, 4.69) is 97.1 Å². The van der Waals surface area contributed by atoms with Crippen LogP contribution in [0.25, 0.3) is 65.3 Å². The molecular formula is C34H22. The molecule has 0 saturated carbocycles. The molecule has 0 fully saturated rings. The van der Waals surface area contributed by atoms with Gasteiger partial charge in [-0.3, -0.25) is 0 Å². The second-order valence-electron chi connectivity index (χ2n) is 8.75. The molecule has 158 valence electrons. The van der Waals surface area contributed by atoms with E-state index in [1.807, 2.05) is 24.3 Å². The first-order chi connectivity index (χ1) is 17.7. The summed E-state index contributed by atoms with van der Waals surface area (Å²) < 4.78 is 17.0. The fourth-order valence-corrected chi connectivity index (χ4v) is 5.47. The highest BCUT2D eigenvalue weighted by atomic mass is 14.2. The summed E-state index contributed by atoms with van der Waals surface area (Å²) in [5, 5.41) is 9.07. The van der Waals surface area contributed by atoms with Gasteiger partial charge in [-0.15, -0.1) is 0 Å². The number of fused-ring (bicyclic) bond motifs is 4. The van der Waals surface area contributed by atoms with E-state index in [1.165, 1.54) is 21.5 Å². The van der Waals surface area contributed by atoms with Crippen molar-refractivity contribution in [3.8, 4) is 22.3 Å². The van der Waals surface area contributed by atoms with Crippen LogP contribution in [0.4, 0.5) is 0 Å². The van der Waals surface area contributed by atoms with Gasteiger partial charge in [0.1, 0.15) is 0 Å². The van der Waals surface area contributed by atoms with Crippen LogP contribution >= 0.6 is 0 Å². The second kappa shape index (κ2) is 7.57. The van der Waals surface area contributed by atoms with Gasteiger partial charge in [0, 0.05) is 0 Å². The highest BCUT2D eigenvalue weighted by Gasteiger charge is 2.18. The van der Waals surface area contributed by atoms with Gasteiger partial charge in [-0.2, -0.15) is 0 Å². The van der Waals surface area contributed by atoms with Gasteiger partial charge in [-0.25, -0.2) is 0 Å². The van der Waals surface area contributed by atoms with E-state index in [-0.39, 0.29) is 0 Å². The topological polar surface area (TPSA) is 0 Å². The maximum absolute atomic E-state index is 8.52. The van der Waals surface area contributed by atoms with Crippen LogP contribution in [0.1, 0.15) is 2.74 Å². The SMILES string of the molecule is [2H]c1ccc2c(-c3cccc4ccccc34)c3cc([2H])ccc3c(-c3cccc4ccccc34)c2c1. The first kappa shape index (κ1) is 17.1. The summed E-state index contributed by atoms with van der Waals surface area (Å²) in [7, 11) is 0. The molecule has 0 unspecified atom stereocenters. The van der Waals surface area contributed by atoms with Crippen molar-refractivity contribution in [1.29, 1.82) is 0 Å². The molecule has 0 heterocycles. The van der Waals surface area contributed by atoms with Crippen LogP contribution in [0.2, 0.25) is 0 Å². The summed E-state index contributed by atoms with van der Waals surface area (Å²) in [5.74, 6) is 0. The lowest BCUT2D eigenvalue weighted by atomic mass is 9.84. The highest BCUT2D eigenvalue weighted by molar-refractivity contribution is 6.25. The van der Waals surface area contributed by atoms with Gasteiger partial charge in [0.05, 0.1) is 2.74 Å². The van der Waals surface area contributed by atoms with E-state index in [0.717, 1.165) is 43.8 Å². The largest absolute Gasteiger partial charge is 0.0623 e. The van der Waals surface area contributed by atoms with Crippen LogP contribution < -0.4 is 0 Å². The molecule has 0 heteroatoms. The number of benzene rings is 7. The molecule has 0 aliphatic rings. The molecular weight excluding hydrogens is 408 g/mol. The zero-order chi connectivity index (χ0) is 24.2. The molecule has 0 radical (unpaired) electrons. The van der Waals surface area contributed by atoms with Crippen LogP contribution in [0.15, 0.2) is 133 Å². The Bertz CT molecular complexity index is 1810. The van der Waals surface area contributed by atoms with Gasteiger partial charge in [-0.1, -0.05) is 133 Å². The van der Waals surface area contributed by atoms with Gasteiger partial charge >= 0.3 is 0 Å². The molecule has 0 saturated heterocycles. The molecule has 0 amide bonds. The van der Waals surface area contributed by atoms with Crippen LogP contribution in [-0.4, -0.2) is 0 Å². The summed E-state index contributed by atoms with van der Waals surface area (Å²) in [6.45, 7) is 0. The standard InChI is InChI=1S/C34H22/c1-3-15-25-23(11-1)13-9-21-27(25)33-29-17-5-7-19-31(29)34(32-20-8-6-18-30(32)33)28-22-10-14-24-12-2-4-16-26(24)28/h1-22H/i5D,8D. The van der Waals surface area contributed by atoms with Crippen molar-refractivity contribution in [2.45, 2.75) is 0 Å². The van der Waals surface area contributed by atoms with Crippen LogP contribution in [0.3, 0.4) is 0 Å². The Morgan fingerprint density at radius 2 is 0.706 bits per heavy atom. The van der Waals surface area contributed by atoms with E-state index in [1.54, 1.807) is 0 Å². The van der Waals surface area contributed by atoms with Crippen molar-refractivity contribution in [2.24, 2.45) is 0 Å². The fraction of sp³-hybridized carbons (Fsp3) is 0. The molecule has 34 heavy (non-hydrogen) atoms. The Hall–Kier alpha value is -4.42. The van der Waals surface area contributed by atoms with Gasteiger partial charge in [0.2, 0.25) is 0 Å². The molecule has 0 aliphatic carbocycles. The summed E-state index contributed by atoms with van der Waals surface area (Å²) in [4.78, 5) is 0. The second-order valence-corrected chi connectivity index (χ2v) is 8.75. The first-order valence-electron chi connectivity index (χ1n) is 12.6. The molecule has 7 aromatic rings. The molecule has 7 rings (SSSR count). The normalized spacial score (nSPS) is 12.4. The van der Waals surface area contributed by atoms with Crippen molar-refractivity contribution >= 4 is 43.1 Å². The monoisotopic (exact) mass is 432 g/mol. The first-order valence-corrected chi connectivity index (χ1v) is 11.6. The lowest BCUT2D eigenvalue weighted by Crippen LogP contribution is -1.92. The van der Waals surface area contributed by atoms with Gasteiger partial charge < -0.3 is 0 Å². The lowest BCUT2D eigenvalue weighted by molar-refractivity contribution is 1.68. The zero-order valence-electron chi connectivity index (χ0n) is 20.5. The van der Waals surface area contributed by atoms with Crippen LogP contribution in [0, 0.1) is 0 Å². The minimum absolute atomic E-state index is 0.490. The van der Waals surface area contributed by atoms with Gasteiger partial charge in [0.25, 0.3) is 0 Å². The Kier molecular flexibility index (Phi) is 3.81. The van der Waals surface area contributed by atoms with Crippen molar-refractivity contribution in [3.05, 3.63) is 133 Å². The van der Waals surface area contributed by atoms with E-state index in [9.17, 15) is 0 Å². The summed E-state index contributed by atoms with van der Waals surface area (Å²) in [6.07, 6.45) is 0. The smallest absolute Gasteiger partial charge is 0.0616 e. The van der Waals surface area contributed by atoms with Gasteiger partial charge in [0.15, 0.2) is 0 Å². The van der Waals surface area contributed by atoms with Crippen molar-refractivity contribution in [1.82, 2.24) is 0 Å². The quantitative estimate of drug-likeness (QED) is 0.239. The molecule has 0 bridgehead atoms. The van der Waals surface area contributed by atoms with E-state index in [4.69, 9.17) is 2.74 Å². The minimum Gasteiger partial charge on any atom is -0.0616 e. The van der Waals surface area contributed by atoms with E-state index >= 15 is 0 Å². The van der Waals surface area contributed by atoms with Crippen LogP contribution in [0.5, 0.6) is 0 Å². The summed E-state index contributed by atoms with van der Waals surface area (Å²) in [6, 6.07) is 42.7. The van der Waals surface area contributed by atoms with Crippen LogP contribution in [-0.2, 0) is 0 Å². The third kappa shape index (κ3) is 2.79. The average Bonchev–Trinajstić information content (AvgIpc) is 2.91. The molecule has 0 spiro atoms. The highest BCUT2D eigenvalue weighted by Crippen LogP contribution is 2.46. The Morgan fingerprint density at radius 3 is 1.21 bits per heavy atom.